The van der Waals surface area contributed by atoms with Crippen molar-refractivity contribution in [3.63, 3.8) is 0 Å². The highest BCUT2D eigenvalue weighted by Crippen LogP contribution is 2.50. The molecule has 0 bridgehead atoms. The molecule has 0 amide bonds. The molecule has 0 saturated heterocycles. The fourth-order valence-electron chi connectivity index (χ4n) is 5.57. The molecule has 39 heavy (non-hydrogen) atoms. The highest BCUT2D eigenvalue weighted by molar-refractivity contribution is 6.31. The Kier molecular flexibility index (Phi) is 7.89. The van der Waals surface area contributed by atoms with E-state index in [0.29, 0.717) is 34.7 Å². The number of aryl methyl sites for hydroxylation is 1. The summed E-state index contributed by atoms with van der Waals surface area (Å²) in [6.45, 7) is 1.91. The minimum atomic E-state index is -3.13. The molecule has 2 aromatic heterocycles. The van der Waals surface area contributed by atoms with E-state index in [1.165, 1.54) is 6.07 Å². The van der Waals surface area contributed by atoms with Crippen LogP contribution in [-0.2, 0) is 21.9 Å². The predicted molar refractivity (Wildman–Crippen MR) is 139 cm³/mol. The minimum absolute atomic E-state index is 0.0486. The molecule has 0 spiro atoms. The Labute approximate surface area is 229 Å². The van der Waals surface area contributed by atoms with Crippen molar-refractivity contribution < 1.29 is 32.5 Å². The first kappa shape index (κ1) is 27.5. The summed E-state index contributed by atoms with van der Waals surface area (Å²) in [7, 11) is 0. The number of aliphatic carboxylic acids is 1. The van der Waals surface area contributed by atoms with Crippen LogP contribution in [0.15, 0.2) is 33.3 Å². The van der Waals surface area contributed by atoms with E-state index in [1.807, 2.05) is 19.1 Å². The molecule has 5 rings (SSSR count). The van der Waals surface area contributed by atoms with Crippen LogP contribution >= 0.6 is 11.6 Å². The summed E-state index contributed by atoms with van der Waals surface area (Å²) in [5.74, 6) is -5.68. The molecule has 2 fully saturated rings. The van der Waals surface area contributed by atoms with Gasteiger partial charge in [0.05, 0.1) is 5.69 Å². The van der Waals surface area contributed by atoms with Crippen molar-refractivity contribution in [2.24, 2.45) is 5.92 Å². The van der Waals surface area contributed by atoms with Gasteiger partial charge in [0.15, 0.2) is 11.5 Å². The van der Waals surface area contributed by atoms with Crippen molar-refractivity contribution in [3.8, 4) is 11.5 Å². The zero-order valence-electron chi connectivity index (χ0n) is 21.7. The van der Waals surface area contributed by atoms with Gasteiger partial charge in [-0.1, -0.05) is 46.9 Å². The first-order valence-electron chi connectivity index (χ1n) is 13.5. The second kappa shape index (κ2) is 11.2. The lowest BCUT2D eigenvalue weighted by Gasteiger charge is -2.19. The molecule has 1 N–H and O–H groups in total. The number of ketones is 1. The van der Waals surface area contributed by atoms with E-state index in [1.54, 1.807) is 6.07 Å². The zero-order valence-corrected chi connectivity index (χ0v) is 22.5. The molecular formula is C29H31ClF2N2O5. The van der Waals surface area contributed by atoms with E-state index >= 15 is 8.78 Å². The highest BCUT2D eigenvalue weighted by Gasteiger charge is 2.46. The van der Waals surface area contributed by atoms with Gasteiger partial charge in [-0.05, 0) is 62.1 Å². The van der Waals surface area contributed by atoms with E-state index in [4.69, 9.17) is 20.6 Å². The molecule has 2 aliphatic rings. The van der Waals surface area contributed by atoms with E-state index in [2.05, 4.69) is 10.3 Å². The molecule has 2 saturated carbocycles. The quantitative estimate of drug-likeness (QED) is 0.243. The number of hydrogen-bond acceptors (Lipinski definition) is 6. The predicted octanol–water partition coefficient (Wildman–Crippen LogP) is 7.60. The van der Waals surface area contributed by atoms with Crippen molar-refractivity contribution in [2.75, 3.05) is 0 Å². The normalized spacial score (nSPS) is 17.0. The summed E-state index contributed by atoms with van der Waals surface area (Å²) in [6, 6.07) is 6.72. The summed E-state index contributed by atoms with van der Waals surface area (Å²) < 4.78 is 40.9. The van der Waals surface area contributed by atoms with Crippen molar-refractivity contribution >= 4 is 23.4 Å². The van der Waals surface area contributed by atoms with Crippen LogP contribution in [0, 0.1) is 12.8 Å². The first-order chi connectivity index (χ1) is 18.6. The van der Waals surface area contributed by atoms with Gasteiger partial charge in [0, 0.05) is 47.8 Å². The van der Waals surface area contributed by atoms with Gasteiger partial charge in [-0.15, -0.1) is 0 Å². The lowest BCUT2D eigenvalue weighted by Crippen LogP contribution is -2.22. The molecule has 3 aromatic rings. The van der Waals surface area contributed by atoms with E-state index < -0.39 is 29.5 Å². The van der Waals surface area contributed by atoms with Crippen molar-refractivity contribution in [1.82, 2.24) is 10.3 Å². The molecule has 1 atom stereocenters. The third kappa shape index (κ3) is 6.08. The number of Topliss-reactive ketones (excluding diaryl/α,β-unsaturated/α-hetero) is 1. The Bertz CT molecular complexity index is 1360. The van der Waals surface area contributed by atoms with Gasteiger partial charge in [0.25, 0.3) is 0 Å². The zero-order chi connectivity index (χ0) is 27.7. The number of rotatable bonds is 12. The minimum Gasteiger partial charge on any atom is -0.481 e. The smallest absolute Gasteiger partial charge is 0.310 e. The van der Waals surface area contributed by atoms with E-state index in [0.717, 1.165) is 31.2 Å². The largest absolute Gasteiger partial charge is 0.481 e. The van der Waals surface area contributed by atoms with Crippen molar-refractivity contribution in [2.45, 2.75) is 88.9 Å². The molecule has 0 aliphatic heterocycles. The van der Waals surface area contributed by atoms with Crippen LogP contribution in [0.5, 0.6) is 0 Å². The molecule has 0 radical (unpaired) electrons. The van der Waals surface area contributed by atoms with Crippen LogP contribution in [0.4, 0.5) is 8.78 Å². The van der Waals surface area contributed by atoms with Crippen LogP contribution in [0.3, 0.4) is 0 Å². The number of carbonyl (C=O) groups is 2. The van der Waals surface area contributed by atoms with Gasteiger partial charge < -0.3 is 14.2 Å². The Morgan fingerprint density at radius 2 is 1.87 bits per heavy atom. The third-order valence-corrected chi connectivity index (χ3v) is 8.20. The number of nitrogens with zero attached hydrogens (tertiary/aromatic N) is 2. The maximum atomic E-state index is 15.1. The number of alkyl halides is 2. The number of aromatic nitrogens is 2. The number of hydrogen-bond donors (Lipinski definition) is 1. The SMILES string of the molecule is Cc1ccc(CC(=O)C[C@H](CCC(=O)O)c2noc(-c3cc(C(F)(F)C4CCCC4)on3)c2C2CC2)c(Cl)c1. The van der Waals surface area contributed by atoms with Crippen LogP contribution in [0.25, 0.3) is 11.5 Å². The van der Waals surface area contributed by atoms with Gasteiger partial charge >= 0.3 is 11.9 Å². The Morgan fingerprint density at radius 1 is 1.13 bits per heavy atom. The number of carboxylic acids is 1. The van der Waals surface area contributed by atoms with Crippen molar-refractivity contribution in [3.05, 3.63) is 57.4 Å². The molecule has 2 heterocycles. The van der Waals surface area contributed by atoms with Crippen LogP contribution in [0.2, 0.25) is 5.02 Å². The Morgan fingerprint density at radius 3 is 2.54 bits per heavy atom. The second-order valence-corrected chi connectivity index (χ2v) is 11.3. The molecular weight excluding hydrogens is 530 g/mol. The average Bonchev–Trinajstić information content (AvgIpc) is 3.30. The van der Waals surface area contributed by atoms with E-state index in [-0.39, 0.29) is 48.8 Å². The molecule has 1 aromatic carbocycles. The second-order valence-electron chi connectivity index (χ2n) is 10.9. The molecule has 0 unspecified atom stereocenters. The van der Waals surface area contributed by atoms with E-state index in [9.17, 15) is 14.7 Å². The number of carbonyl (C=O) groups excluding carboxylic acids is 1. The van der Waals surface area contributed by atoms with Gasteiger partial charge in [-0.25, -0.2) is 0 Å². The summed E-state index contributed by atoms with van der Waals surface area (Å²) in [5, 5.41) is 18.0. The van der Waals surface area contributed by atoms with Crippen LogP contribution in [-0.4, -0.2) is 27.2 Å². The lowest BCUT2D eigenvalue weighted by molar-refractivity contribution is -0.137. The molecule has 208 valence electrons. The fourth-order valence-corrected chi connectivity index (χ4v) is 5.87. The van der Waals surface area contributed by atoms with Crippen molar-refractivity contribution in [1.29, 1.82) is 0 Å². The summed E-state index contributed by atoms with van der Waals surface area (Å²) in [5.41, 5.74) is 3.01. The number of benzene rings is 1. The van der Waals surface area contributed by atoms with Gasteiger partial charge in [0.2, 0.25) is 5.76 Å². The van der Waals surface area contributed by atoms with Gasteiger partial charge in [0.1, 0.15) is 5.78 Å². The fraction of sp³-hybridized carbons (Fsp3) is 0.517. The Balaban J connectivity index is 1.42. The van der Waals surface area contributed by atoms with Crippen LogP contribution < -0.4 is 0 Å². The third-order valence-electron chi connectivity index (χ3n) is 7.84. The molecule has 2 aliphatic carbocycles. The maximum absolute atomic E-state index is 15.1. The molecule has 10 heteroatoms. The average molecular weight is 561 g/mol. The highest BCUT2D eigenvalue weighted by atomic mass is 35.5. The van der Waals surface area contributed by atoms with Gasteiger partial charge in [-0.3, -0.25) is 9.59 Å². The first-order valence-corrected chi connectivity index (χ1v) is 13.8. The van der Waals surface area contributed by atoms with Crippen LogP contribution in [0.1, 0.15) is 97.8 Å². The number of halogens is 3. The summed E-state index contributed by atoms with van der Waals surface area (Å²) >= 11 is 6.33. The summed E-state index contributed by atoms with van der Waals surface area (Å²) in [4.78, 5) is 24.5. The topological polar surface area (TPSA) is 106 Å². The number of carboxylic acid groups (broad SMARTS) is 1. The Hall–Kier alpha value is -3.07. The molecule has 7 nitrogen and oxygen atoms in total. The van der Waals surface area contributed by atoms with Gasteiger partial charge in [-0.2, -0.15) is 8.78 Å². The standard InChI is InChI=1S/C29H31ClF2N2O5/c1-16-6-7-18(22(30)12-16)13-21(35)14-19(10-11-25(36)37)27-26(17-8-9-17)28(39-34-27)23-15-24(38-33-23)29(31,32)20-4-2-3-5-20/h6-7,12,15,17,19-20H,2-5,8-11,13-14H2,1H3,(H,36,37)/t19-/m0/s1. The maximum Gasteiger partial charge on any atom is 0.310 e. The lowest BCUT2D eigenvalue weighted by atomic mass is 9.87. The summed E-state index contributed by atoms with van der Waals surface area (Å²) in [6.07, 6.45) is 4.30. The monoisotopic (exact) mass is 560 g/mol.